The largest absolute Gasteiger partial charge is 0.481 e. The van der Waals surface area contributed by atoms with E-state index in [1.807, 2.05) is 37.3 Å². The molecule has 2 atom stereocenters. The van der Waals surface area contributed by atoms with Gasteiger partial charge in [-0.3, -0.25) is 4.79 Å². The summed E-state index contributed by atoms with van der Waals surface area (Å²) in [6.45, 7) is 2.85. The van der Waals surface area contributed by atoms with E-state index in [1.54, 1.807) is 4.90 Å². The molecule has 2 aromatic rings. The number of methoxy groups -OCH3 is 2. The first-order valence-electron chi connectivity index (χ1n) is 8.06. The summed E-state index contributed by atoms with van der Waals surface area (Å²) in [7, 11) is 2.97. The Morgan fingerprint density at radius 3 is 2.36 bits per heavy atom. The van der Waals surface area contributed by atoms with E-state index in [2.05, 4.69) is 9.97 Å². The van der Waals surface area contributed by atoms with Crippen LogP contribution in [0.2, 0.25) is 0 Å². The highest BCUT2D eigenvalue weighted by atomic mass is 16.5. The number of carbonyl (C=O) groups excluding carboxylic acids is 1. The van der Waals surface area contributed by atoms with Crippen LogP contribution in [-0.4, -0.2) is 54.3 Å². The Labute approximate surface area is 146 Å². The van der Waals surface area contributed by atoms with Crippen molar-refractivity contribution in [3.05, 3.63) is 47.8 Å². The Hall–Kier alpha value is -2.67. The molecule has 1 saturated heterocycles. The van der Waals surface area contributed by atoms with Gasteiger partial charge in [0.1, 0.15) is 0 Å². The van der Waals surface area contributed by atoms with Crippen molar-refractivity contribution in [3.8, 4) is 11.8 Å². The van der Waals surface area contributed by atoms with Gasteiger partial charge in [0.25, 0.3) is 5.91 Å². The molecule has 132 valence electrons. The molecule has 0 aliphatic carbocycles. The van der Waals surface area contributed by atoms with Gasteiger partial charge in [0.05, 0.1) is 45.6 Å². The lowest BCUT2D eigenvalue weighted by Gasteiger charge is -2.40. The average molecular weight is 343 g/mol. The van der Waals surface area contributed by atoms with Gasteiger partial charge in [-0.25, -0.2) is 0 Å². The summed E-state index contributed by atoms with van der Waals surface area (Å²) in [6, 6.07) is 11.0. The lowest BCUT2D eigenvalue weighted by Crippen LogP contribution is -2.49. The first-order chi connectivity index (χ1) is 12.1. The number of hydrogen-bond donors (Lipinski definition) is 0. The van der Waals surface area contributed by atoms with E-state index in [0.29, 0.717) is 13.2 Å². The summed E-state index contributed by atoms with van der Waals surface area (Å²) in [6.07, 6.45) is 0. The first-order valence-corrected chi connectivity index (χ1v) is 8.06. The average Bonchev–Trinajstić information content (AvgIpc) is 2.67. The van der Waals surface area contributed by atoms with Crippen LogP contribution >= 0.6 is 0 Å². The van der Waals surface area contributed by atoms with E-state index in [1.165, 1.54) is 20.3 Å². The molecule has 1 fully saturated rings. The highest BCUT2D eigenvalue weighted by Gasteiger charge is 2.35. The predicted octanol–water partition coefficient (Wildman–Crippen LogP) is 2.10. The second-order valence-electron chi connectivity index (χ2n) is 5.80. The summed E-state index contributed by atoms with van der Waals surface area (Å²) < 4.78 is 16.0. The zero-order valence-electron chi connectivity index (χ0n) is 14.5. The van der Waals surface area contributed by atoms with Gasteiger partial charge >= 0.3 is 0 Å². The van der Waals surface area contributed by atoms with Crippen molar-refractivity contribution in [1.29, 1.82) is 0 Å². The Morgan fingerprint density at radius 1 is 1.12 bits per heavy atom. The Morgan fingerprint density at radius 2 is 1.76 bits per heavy atom. The van der Waals surface area contributed by atoms with Crippen LogP contribution in [0.15, 0.2) is 36.4 Å². The fourth-order valence-electron chi connectivity index (χ4n) is 2.92. The minimum atomic E-state index is -0.276. The standard InChI is InChI=1S/C18H21N3O4/c1-12-10-25-11-14(13-7-5-4-6-8-13)21(12)18(22)17-19-15(23-2)9-16(20-17)24-3/h4-9,12,14H,10-11H2,1-3H3/t12-,14-/m0/s1. The molecular weight excluding hydrogens is 322 g/mol. The fraction of sp³-hybridized carbons (Fsp3) is 0.389. The van der Waals surface area contributed by atoms with E-state index in [-0.39, 0.29) is 35.6 Å². The van der Waals surface area contributed by atoms with Crippen molar-refractivity contribution in [2.45, 2.75) is 19.0 Å². The Bertz CT molecular complexity index is 716. The molecule has 1 amide bonds. The lowest BCUT2D eigenvalue weighted by molar-refractivity contribution is -0.0321. The third-order valence-electron chi connectivity index (χ3n) is 4.15. The number of ether oxygens (including phenoxy) is 3. The molecule has 7 heteroatoms. The van der Waals surface area contributed by atoms with Gasteiger partial charge in [-0.1, -0.05) is 30.3 Å². The second-order valence-corrected chi connectivity index (χ2v) is 5.80. The number of hydrogen-bond acceptors (Lipinski definition) is 6. The van der Waals surface area contributed by atoms with Crippen molar-refractivity contribution in [2.75, 3.05) is 27.4 Å². The van der Waals surface area contributed by atoms with Gasteiger partial charge in [0.2, 0.25) is 17.6 Å². The zero-order chi connectivity index (χ0) is 17.8. The van der Waals surface area contributed by atoms with Gasteiger partial charge < -0.3 is 19.1 Å². The third kappa shape index (κ3) is 3.56. The van der Waals surface area contributed by atoms with Crippen LogP contribution in [0.5, 0.6) is 11.8 Å². The molecule has 25 heavy (non-hydrogen) atoms. The number of aromatic nitrogens is 2. The molecule has 1 aliphatic heterocycles. The lowest BCUT2D eigenvalue weighted by atomic mass is 10.0. The molecule has 0 bridgehead atoms. The van der Waals surface area contributed by atoms with Crippen LogP contribution in [0.25, 0.3) is 0 Å². The molecule has 0 unspecified atom stereocenters. The summed E-state index contributed by atoms with van der Waals surface area (Å²) >= 11 is 0. The molecule has 0 N–H and O–H groups in total. The number of rotatable bonds is 4. The monoisotopic (exact) mass is 343 g/mol. The molecule has 0 spiro atoms. The van der Waals surface area contributed by atoms with Crippen molar-refractivity contribution < 1.29 is 19.0 Å². The number of benzene rings is 1. The maximum absolute atomic E-state index is 13.2. The summed E-state index contributed by atoms with van der Waals surface area (Å²) in [5.41, 5.74) is 1.01. The maximum atomic E-state index is 13.2. The van der Waals surface area contributed by atoms with E-state index >= 15 is 0 Å². The van der Waals surface area contributed by atoms with Crippen molar-refractivity contribution >= 4 is 5.91 Å². The van der Waals surface area contributed by atoms with Gasteiger partial charge in [-0.2, -0.15) is 9.97 Å². The molecule has 2 heterocycles. The maximum Gasteiger partial charge on any atom is 0.292 e. The fourth-order valence-corrected chi connectivity index (χ4v) is 2.92. The molecule has 7 nitrogen and oxygen atoms in total. The van der Waals surface area contributed by atoms with Crippen LogP contribution in [0.3, 0.4) is 0 Å². The molecule has 1 aromatic carbocycles. The SMILES string of the molecule is COc1cc(OC)nc(C(=O)N2[C@@H](C)COC[C@H]2c2ccccc2)n1. The zero-order valence-corrected chi connectivity index (χ0v) is 14.5. The number of amides is 1. The van der Waals surface area contributed by atoms with Crippen LogP contribution in [0.4, 0.5) is 0 Å². The van der Waals surface area contributed by atoms with E-state index in [4.69, 9.17) is 14.2 Å². The van der Waals surface area contributed by atoms with Gasteiger partial charge in [-0.05, 0) is 12.5 Å². The smallest absolute Gasteiger partial charge is 0.292 e. The van der Waals surface area contributed by atoms with Crippen LogP contribution in [0.1, 0.15) is 29.1 Å². The minimum absolute atomic E-state index is 0.0471. The highest BCUT2D eigenvalue weighted by Crippen LogP contribution is 2.29. The molecule has 3 rings (SSSR count). The van der Waals surface area contributed by atoms with E-state index in [9.17, 15) is 4.79 Å². The quantitative estimate of drug-likeness (QED) is 0.846. The first kappa shape index (κ1) is 17.2. The summed E-state index contributed by atoms with van der Waals surface area (Å²) in [4.78, 5) is 23.3. The summed E-state index contributed by atoms with van der Waals surface area (Å²) in [5, 5.41) is 0. The van der Waals surface area contributed by atoms with Gasteiger partial charge in [0, 0.05) is 0 Å². The molecule has 0 radical (unpaired) electrons. The van der Waals surface area contributed by atoms with Crippen LogP contribution in [-0.2, 0) is 4.74 Å². The number of nitrogens with zero attached hydrogens (tertiary/aromatic N) is 3. The Balaban J connectivity index is 1.97. The van der Waals surface area contributed by atoms with Crippen LogP contribution in [0, 0.1) is 0 Å². The van der Waals surface area contributed by atoms with Gasteiger partial charge in [-0.15, -0.1) is 0 Å². The van der Waals surface area contributed by atoms with E-state index < -0.39 is 0 Å². The van der Waals surface area contributed by atoms with E-state index in [0.717, 1.165) is 5.56 Å². The third-order valence-corrected chi connectivity index (χ3v) is 4.15. The molecule has 1 aliphatic rings. The van der Waals surface area contributed by atoms with Crippen molar-refractivity contribution in [3.63, 3.8) is 0 Å². The van der Waals surface area contributed by atoms with Crippen molar-refractivity contribution in [1.82, 2.24) is 14.9 Å². The predicted molar refractivity (Wildman–Crippen MR) is 90.8 cm³/mol. The van der Waals surface area contributed by atoms with Gasteiger partial charge in [0.15, 0.2) is 0 Å². The highest BCUT2D eigenvalue weighted by molar-refractivity contribution is 5.91. The number of carbonyl (C=O) groups is 1. The second kappa shape index (κ2) is 7.48. The Kier molecular flexibility index (Phi) is 5.14. The molecule has 0 saturated carbocycles. The number of morpholine rings is 1. The normalized spacial score (nSPS) is 20.2. The topological polar surface area (TPSA) is 73.8 Å². The molecule has 1 aromatic heterocycles. The minimum Gasteiger partial charge on any atom is -0.481 e. The van der Waals surface area contributed by atoms with Crippen molar-refractivity contribution in [2.24, 2.45) is 0 Å². The summed E-state index contributed by atoms with van der Waals surface area (Å²) in [5.74, 6) is 0.340. The van der Waals surface area contributed by atoms with Crippen LogP contribution < -0.4 is 9.47 Å². The molecular formula is C18H21N3O4.